The van der Waals surface area contributed by atoms with Gasteiger partial charge in [0, 0.05) is 12.0 Å². The molecule has 0 fully saturated rings. The average Bonchev–Trinajstić information content (AvgIpc) is 3.01. The first-order chi connectivity index (χ1) is 13.6. The number of benzene rings is 1. The highest BCUT2D eigenvalue weighted by Crippen LogP contribution is 2.43. The van der Waals surface area contributed by atoms with Gasteiger partial charge in [-0.1, -0.05) is 75.5 Å². The normalized spacial score (nSPS) is 19.2. The maximum absolute atomic E-state index is 6.80. The second-order valence-corrected chi connectivity index (χ2v) is 14.6. The lowest BCUT2D eigenvalue weighted by Gasteiger charge is -2.41. The molecule has 0 bridgehead atoms. The lowest BCUT2D eigenvalue weighted by Crippen LogP contribution is -2.45. The van der Waals surface area contributed by atoms with Crippen molar-refractivity contribution in [1.29, 1.82) is 0 Å². The van der Waals surface area contributed by atoms with Gasteiger partial charge in [0.25, 0.3) is 0 Å². The summed E-state index contributed by atoms with van der Waals surface area (Å²) in [5.74, 6) is 7.66. The third kappa shape index (κ3) is 6.10. The van der Waals surface area contributed by atoms with Crippen LogP contribution in [0.25, 0.3) is 0 Å². The molecule has 2 rings (SSSR count). The minimum absolute atomic E-state index is 0.0568. The quantitative estimate of drug-likeness (QED) is 0.205. The minimum Gasteiger partial charge on any atom is -0.410 e. The van der Waals surface area contributed by atoms with Gasteiger partial charge < -0.3 is 4.43 Å². The zero-order valence-corrected chi connectivity index (χ0v) is 20.4. The molecule has 1 aliphatic rings. The highest BCUT2D eigenvalue weighted by atomic mass is 28.4. The maximum atomic E-state index is 6.80. The molecule has 29 heavy (non-hydrogen) atoms. The third-order valence-electron chi connectivity index (χ3n) is 6.78. The van der Waals surface area contributed by atoms with Gasteiger partial charge in [0.1, 0.15) is 0 Å². The van der Waals surface area contributed by atoms with E-state index in [1.165, 1.54) is 24.0 Å². The van der Waals surface area contributed by atoms with E-state index in [-0.39, 0.29) is 11.1 Å². The number of hydrogen-bond acceptors (Lipinski definition) is 1. The molecule has 0 radical (unpaired) electrons. The molecule has 0 N–H and O–H groups in total. The van der Waals surface area contributed by atoms with Crippen LogP contribution in [0.1, 0.15) is 59.4 Å². The number of rotatable bonds is 6. The molecule has 0 amide bonds. The molecule has 0 saturated carbocycles. The van der Waals surface area contributed by atoms with Crippen molar-refractivity contribution >= 4 is 8.32 Å². The van der Waals surface area contributed by atoms with Crippen LogP contribution >= 0.6 is 0 Å². The fraction of sp³-hybridized carbons (Fsp3) is 0.519. The summed E-state index contributed by atoms with van der Waals surface area (Å²) in [5.41, 5.74) is 7.13. The summed E-state index contributed by atoms with van der Waals surface area (Å²) in [6.07, 6.45) is 5.31. The fourth-order valence-corrected chi connectivity index (χ4v) is 5.12. The van der Waals surface area contributed by atoms with E-state index < -0.39 is 8.32 Å². The van der Waals surface area contributed by atoms with E-state index in [2.05, 4.69) is 84.0 Å². The van der Waals surface area contributed by atoms with E-state index in [1.54, 1.807) is 0 Å². The Morgan fingerprint density at radius 1 is 1.24 bits per heavy atom. The topological polar surface area (TPSA) is 9.23 Å². The molecular formula is C27H38OSi. The van der Waals surface area contributed by atoms with Crippen molar-refractivity contribution in [2.45, 2.75) is 78.1 Å². The molecule has 3 unspecified atom stereocenters. The van der Waals surface area contributed by atoms with Crippen LogP contribution in [0.3, 0.4) is 0 Å². The molecular weight excluding hydrogens is 368 g/mol. The number of hydrogen-bond donors (Lipinski definition) is 0. The Kier molecular flexibility index (Phi) is 7.95. The van der Waals surface area contributed by atoms with Gasteiger partial charge in [-0.2, -0.15) is 0 Å². The van der Waals surface area contributed by atoms with E-state index in [0.717, 1.165) is 12.0 Å². The summed E-state index contributed by atoms with van der Waals surface area (Å²) < 4.78 is 6.80. The largest absolute Gasteiger partial charge is 0.410 e. The highest BCUT2D eigenvalue weighted by molar-refractivity contribution is 6.74. The van der Waals surface area contributed by atoms with E-state index in [9.17, 15) is 0 Å². The molecule has 3 atom stereocenters. The van der Waals surface area contributed by atoms with Crippen molar-refractivity contribution in [1.82, 2.24) is 0 Å². The molecule has 1 aromatic rings. The molecule has 0 aromatic heterocycles. The summed E-state index contributed by atoms with van der Waals surface area (Å²) >= 11 is 0. The molecule has 1 aliphatic carbocycles. The lowest BCUT2D eigenvalue weighted by molar-refractivity contribution is 0.140. The fourth-order valence-electron chi connectivity index (χ4n) is 3.80. The zero-order chi connectivity index (χ0) is 21.7. The molecule has 1 nitrogen and oxygen atoms in total. The lowest BCUT2D eigenvalue weighted by atomic mass is 9.83. The first kappa shape index (κ1) is 23.5. The SMILES string of the molecule is C=C=CC(O[Si](C)(C)C(C)(C)C)C(C)C1CCC(C)=C1CC#Cc1ccccc1. The van der Waals surface area contributed by atoms with Gasteiger partial charge in [-0.05, 0) is 67.9 Å². The Labute approximate surface area is 180 Å². The predicted molar refractivity (Wildman–Crippen MR) is 128 cm³/mol. The van der Waals surface area contributed by atoms with Crippen molar-refractivity contribution in [2.24, 2.45) is 11.8 Å². The van der Waals surface area contributed by atoms with Gasteiger partial charge in [-0.25, -0.2) is 0 Å². The molecule has 2 heteroatoms. The molecule has 0 heterocycles. The Balaban J connectivity index is 2.19. The van der Waals surface area contributed by atoms with Crippen molar-refractivity contribution in [3.8, 4) is 11.8 Å². The van der Waals surface area contributed by atoms with Gasteiger partial charge in [-0.15, -0.1) is 5.73 Å². The van der Waals surface area contributed by atoms with Gasteiger partial charge >= 0.3 is 0 Å². The van der Waals surface area contributed by atoms with Crippen molar-refractivity contribution in [3.63, 3.8) is 0 Å². The average molecular weight is 407 g/mol. The third-order valence-corrected chi connectivity index (χ3v) is 11.3. The number of allylic oxidation sites excluding steroid dienone is 2. The molecule has 0 aliphatic heterocycles. The smallest absolute Gasteiger partial charge is 0.192 e. The molecule has 0 spiro atoms. The van der Waals surface area contributed by atoms with Crippen LogP contribution < -0.4 is 0 Å². The van der Waals surface area contributed by atoms with Crippen LogP contribution in [0.5, 0.6) is 0 Å². The Morgan fingerprint density at radius 3 is 2.48 bits per heavy atom. The second kappa shape index (κ2) is 9.81. The standard InChI is InChI=1S/C27H38OSi/c1-9-14-26(28-29(7,8)27(4,5)6)22(3)25-20-19-21(2)24(25)18-13-17-23-15-11-10-12-16-23/h10-12,14-16,22,25-26H,1,18-20H2,2-8H3. The van der Waals surface area contributed by atoms with E-state index in [0.29, 0.717) is 11.8 Å². The molecule has 0 saturated heterocycles. The van der Waals surface area contributed by atoms with Gasteiger partial charge in [-0.3, -0.25) is 0 Å². The van der Waals surface area contributed by atoms with Crippen LogP contribution in [0.15, 0.2) is 59.9 Å². The van der Waals surface area contributed by atoms with Crippen molar-refractivity contribution in [2.75, 3.05) is 0 Å². The highest BCUT2D eigenvalue weighted by Gasteiger charge is 2.41. The first-order valence-electron chi connectivity index (χ1n) is 10.8. The van der Waals surface area contributed by atoms with Crippen LogP contribution in [0, 0.1) is 23.7 Å². The zero-order valence-electron chi connectivity index (χ0n) is 19.4. The predicted octanol–water partition coefficient (Wildman–Crippen LogP) is 7.52. The first-order valence-corrected chi connectivity index (χ1v) is 13.7. The summed E-state index contributed by atoms with van der Waals surface area (Å²) in [5, 5.41) is 0.186. The maximum Gasteiger partial charge on any atom is 0.192 e. The summed E-state index contributed by atoms with van der Waals surface area (Å²) in [6.45, 7) is 20.0. The Bertz CT molecular complexity index is 823. The molecule has 1 aromatic carbocycles. The van der Waals surface area contributed by atoms with Crippen LogP contribution in [-0.4, -0.2) is 14.4 Å². The van der Waals surface area contributed by atoms with Gasteiger partial charge in [0.2, 0.25) is 0 Å². The minimum atomic E-state index is -1.87. The summed E-state index contributed by atoms with van der Waals surface area (Å²) in [7, 11) is -1.87. The summed E-state index contributed by atoms with van der Waals surface area (Å²) in [6, 6.07) is 10.3. The van der Waals surface area contributed by atoms with Crippen molar-refractivity contribution in [3.05, 3.63) is 65.4 Å². The Morgan fingerprint density at radius 2 is 1.90 bits per heavy atom. The van der Waals surface area contributed by atoms with E-state index in [1.807, 2.05) is 24.3 Å². The van der Waals surface area contributed by atoms with Crippen molar-refractivity contribution < 1.29 is 4.43 Å². The summed E-state index contributed by atoms with van der Waals surface area (Å²) in [4.78, 5) is 0. The Hall–Kier alpha value is -1.78. The molecule has 156 valence electrons. The second-order valence-electron chi connectivity index (χ2n) is 9.87. The van der Waals surface area contributed by atoms with Crippen LogP contribution in [-0.2, 0) is 4.43 Å². The van der Waals surface area contributed by atoms with E-state index >= 15 is 0 Å². The van der Waals surface area contributed by atoms with E-state index in [4.69, 9.17) is 4.43 Å². The van der Waals surface area contributed by atoms with Crippen LogP contribution in [0.4, 0.5) is 0 Å². The van der Waals surface area contributed by atoms with Gasteiger partial charge in [0.15, 0.2) is 8.32 Å². The van der Waals surface area contributed by atoms with Crippen LogP contribution in [0.2, 0.25) is 18.1 Å². The van der Waals surface area contributed by atoms with Gasteiger partial charge in [0.05, 0.1) is 6.10 Å². The monoisotopic (exact) mass is 406 g/mol.